The molecule has 5 nitrogen and oxygen atoms in total. The van der Waals surface area contributed by atoms with Gasteiger partial charge in [0.05, 0.1) is 5.69 Å². The Bertz CT molecular complexity index is 671. The maximum atomic E-state index is 12.1. The van der Waals surface area contributed by atoms with Gasteiger partial charge >= 0.3 is 0 Å². The van der Waals surface area contributed by atoms with E-state index in [0.717, 1.165) is 23.5 Å². The first-order valence-corrected chi connectivity index (χ1v) is 8.12. The van der Waals surface area contributed by atoms with Gasteiger partial charge in [-0.2, -0.15) is 5.10 Å². The Morgan fingerprint density at radius 2 is 2.00 bits per heavy atom. The Morgan fingerprint density at radius 1 is 1.26 bits per heavy atom. The number of pyridine rings is 1. The summed E-state index contributed by atoms with van der Waals surface area (Å²) in [4.78, 5) is 16.3. The van der Waals surface area contributed by atoms with Crippen LogP contribution in [0.2, 0.25) is 0 Å². The quantitative estimate of drug-likeness (QED) is 0.888. The first kappa shape index (κ1) is 17.2. The lowest BCUT2D eigenvalue weighted by molar-refractivity contribution is -0.116. The van der Waals surface area contributed by atoms with Crippen LogP contribution in [0.3, 0.4) is 0 Å². The summed E-state index contributed by atoms with van der Waals surface area (Å²) in [5, 5.41) is 7.43. The summed E-state index contributed by atoms with van der Waals surface area (Å²) in [5.74, 6) is 1.14. The van der Waals surface area contributed by atoms with Gasteiger partial charge in [0.2, 0.25) is 5.91 Å². The van der Waals surface area contributed by atoms with Crippen LogP contribution >= 0.6 is 0 Å². The highest BCUT2D eigenvalue weighted by molar-refractivity contribution is 5.89. The third-order valence-electron chi connectivity index (χ3n) is 3.85. The molecule has 0 aromatic carbocycles. The molecule has 2 heterocycles. The Hall–Kier alpha value is -2.17. The zero-order chi connectivity index (χ0) is 17.0. The number of anilines is 1. The lowest BCUT2D eigenvalue weighted by Gasteiger charge is -2.08. The van der Waals surface area contributed by atoms with Crippen molar-refractivity contribution in [3.8, 4) is 0 Å². The van der Waals surface area contributed by atoms with Gasteiger partial charge in [-0.1, -0.05) is 19.9 Å². The van der Waals surface area contributed by atoms with Crippen LogP contribution in [0.15, 0.2) is 18.3 Å². The smallest absolute Gasteiger partial charge is 0.225 e. The maximum Gasteiger partial charge on any atom is 0.225 e. The van der Waals surface area contributed by atoms with E-state index in [1.54, 1.807) is 6.20 Å². The predicted octanol–water partition coefficient (Wildman–Crippen LogP) is 3.43. The average molecular weight is 314 g/mol. The number of nitrogens with one attached hydrogen (secondary N) is 1. The Labute approximate surface area is 138 Å². The van der Waals surface area contributed by atoms with Gasteiger partial charge < -0.3 is 5.32 Å². The zero-order valence-electron chi connectivity index (χ0n) is 14.7. The fourth-order valence-electron chi connectivity index (χ4n) is 2.61. The Morgan fingerprint density at radius 3 is 2.61 bits per heavy atom. The van der Waals surface area contributed by atoms with E-state index in [4.69, 9.17) is 0 Å². The number of carbonyl (C=O) groups is 1. The molecule has 0 unspecified atom stereocenters. The van der Waals surface area contributed by atoms with Gasteiger partial charge in [0, 0.05) is 24.9 Å². The van der Waals surface area contributed by atoms with Crippen LogP contribution in [-0.2, 0) is 17.8 Å². The predicted molar refractivity (Wildman–Crippen MR) is 92.5 cm³/mol. The fraction of sp³-hybridized carbons (Fsp3) is 0.500. The number of carbonyl (C=O) groups excluding carboxylic acids is 1. The molecule has 2 aromatic heterocycles. The van der Waals surface area contributed by atoms with E-state index in [1.807, 2.05) is 26.0 Å². The summed E-state index contributed by atoms with van der Waals surface area (Å²) in [6, 6.07) is 3.76. The molecule has 0 radical (unpaired) electrons. The second-order valence-corrected chi connectivity index (χ2v) is 6.49. The van der Waals surface area contributed by atoms with Gasteiger partial charge in [-0.3, -0.25) is 9.48 Å². The highest BCUT2D eigenvalue weighted by Gasteiger charge is 2.14. The molecular weight excluding hydrogens is 288 g/mol. The standard InChI is InChI=1S/C18H26N4O/c1-12(2)11-22-15(5)16(14(4)21-22)7-9-18(23)20-17-8-6-13(3)10-19-17/h6,8,10,12H,7,9,11H2,1-5H3,(H,19,20,23). The molecule has 5 heteroatoms. The monoisotopic (exact) mass is 314 g/mol. The SMILES string of the molecule is Cc1ccc(NC(=O)CCc2c(C)nn(CC(C)C)c2C)nc1. The lowest BCUT2D eigenvalue weighted by atomic mass is 10.1. The van der Waals surface area contributed by atoms with Gasteiger partial charge in [0.25, 0.3) is 0 Å². The van der Waals surface area contributed by atoms with E-state index in [9.17, 15) is 4.79 Å². The van der Waals surface area contributed by atoms with Gasteiger partial charge in [-0.05, 0) is 50.3 Å². The molecular formula is C18H26N4O. The van der Waals surface area contributed by atoms with Crippen molar-refractivity contribution in [1.29, 1.82) is 0 Å². The summed E-state index contributed by atoms with van der Waals surface area (Å²) in [6.45, 7) is 11.3. The molecule has 0 spiro atoms. The normalized spacial score (nSPS) is 11.0. The number of hydrogen-bond donors (Lipinski definition) is 1. The van der Waals surface area contributed by atoms with E-state index >= 15 is 0 Å². The Kier molecular flexibility index (Phi) is 5.53. The van der Waals surface area contributed by atoms with Crippen LogP contribution < -0.4 is 5.32 Å². The lowest BCUT2D eigenvalue weighted by Crippen LogP contribution is -2.14. The van der Waals surface area contributed by atoms with E-state index in [-0.39, 0.29) is 5.91 Å². The van der Waals surface area contributed by atoms with E-state index in [2.05, 4.69) is 40.9 Å². The van der Waals surface area contributed by atoms with Crippen molar-refractivity contribution in [3.63, 3.8) is 0 Å². The molecule has 2 rings (SSSR count). The van der Waals surface area contributed by atoms with Gasteiger partial charge in [0.1, 0.15) is 5.82 Å². The summed E-state index contributed by atoms with van der Waals surface area (Å²) < 4.78 is 2.05. The van der Waals surface area contributed by atoms with Crippen molar-refractivity contribution in [1.82, 2.24) is 14.8 Å². The zero-order valence-corrected chi connectivity index (χ0v) is 14.7. The number of amides is 1. The number of hydrogen-bond acceptors (Lipinski definition) is 3. The number of aromatic nitrogens is 3. The van der Waals surface area contributed by atoms with Crippen LogP contribution in [0.25, 0.3) is 0 Å². The van der Waals surface area contributed by atoms with Crippen LogP contribution in [0.4, 0.5) is 5.82 Å². The first-order chi connectivity index (χ1) is 10.9. The third kappa shape index (κ3) is 4.65. The molecule has 2 aromatic rings. The van der Waals surface area contributed by atoms with E-state index in [1.165, 1.54) is 5.56 Å². The van der Waals surface area contributed by atoms with Crippen LogP contribution in [-0.4, -0.2) is 20.7 Å². The molecule has 1 N–H and O–H groups in total. The molecule has 0 fully saturated rings. The van der Waals surface area contributed by atoms with Crippen LogP contribution in [0, 0.1) is 26.7 Å². The number of aryl methyl sites for hydroxylation is 2. The summed E-state index contributed by atoms with van der Waals surface area (Å²) in [5.41, 5.74) is 4.44. The van der Waals surface area contributed by atoms with Crippen molar-refractivity contribution in [2.24, 2.45) is 5.92 Å². The minimum absolute atomic E-state index is 0.0169. The molecule has 124 valence electrons. The van der Waals surface area contributed by atoms with Crippen molar-refractivity contribution < 1.29 is 4.79 Å². The average Bonchev–Trinajstić information content (AvgIpc) is 2.73. The van der Waals surface area contributed by atoms with Crippen LogP contribution in [0.1, 0.15) is 42.8 Å². The van der Waals surface area contributed by atoms with Crippen molar-refractivity contribution >= 4 is 11.7 Å². The second kappa shape index (κ2) is 7.40. The highest BCUT2D eigenvalue weighted by Crippen LogP contribution is 2.17. The van der Waals surface area contributed by atoms with Crippen molar-refractivity contribution in [3.05, 3.63) is 40.8 Å². The molecule has 0 aliphatic carbocycles. The minimum atomic E-state index is -0.0169. The number of rotatable bonds is 6. The summed E-state index contributed by atoms with van der Waals surface area (Å²) >= 11 is 0. The van der Waals surface area contributed by atoms with Gasteiger partial charge in [0.15, 0.2) is 0 Å². The Balaban J connectivity index is 1.96. The molecule has 0 atom stereocenters. The van der Waals surface area contributed by atoms with Gasteiger partial charge in [-0.15, -0.1) is 0 Å². The second-order valence-electron chi connectivity index (χ2n) is 6.49. The molecule has 0 aliphatic rings. The third-order valence-corrected chi connectivity index (χ3v) is 3.85. The largest absolute Gasteiger partial charge is 0.311 e. The van der Waals surface area contributed by atoms with Crippen molar-refractivity contribution in [2.45, 2.75) is 54.0 Å². The topological polar surface area (TPSA) is 59.8 Å². The highest BCUT2D eigenvalue weighted by atomic mass is 16.1. The molecule has 0 saturated heterocycles. The molecule has 0 saturated carbocycles. The fourth-order valence-corrected chi connectivity index (χ4v) is 2.61. The van der Waals surface area contributed by atoms with E-state index in [0.29, 0.717) is 24.6 Å². The minimum Gasteiger partial charge on any atom is -0.311 e. The van der Waals surface area contributed by atoms with Gasteiger partial charge in [-0.25, -0.2) is 4.98 Å². The maximum absolute atomic E-state index is 12.1. The molecule has 23 heavy (non-hydrogen) atoms. The summed E-state index contributed by atoms with van der Waals surface area (Å²) in [7, 11) is 0. The van der Waals surface area contributed by atoms with Crippen molar-refractivity contribution in [2.75, 3.05) is 5.32 Å². The first-order valence-electron chi connectivity index (χ1n) is 8.12. The van der Waals surface area contributed by atoms with E-state index < -0.39 is 0 Å². The summed E-state index contributed by atoms with van der Waals surface area (Å²) in [6.07, 6.45) is 2.89. The molecule has 1 amide bonds. The van der Waals surface area contributed by atoms with Crippen LogP contribution in [0.5, 0.6) is 0 Å². The molecule has 0 aliphatic heterocycles. The number of nitrogens with zero attached hydrogens (tertiary/aromatic N) is 3. The molecule has 0 bridgehead atoms.